The number of aromatic nitrogens is 2. The molecule has 5 rings (SSSR count). The van der Waals surface area contributed by atoms with Crippen LogP contribution in [-0.4, -0.2) is 57.8 Å². The van der Waals surface area contributed by atoms with Crippen molar-refractivity contribution in [1.82, 2.24) is 19.8 Å². The van der Waals surface area contributed by atoms with Crippen LogP contribution in [0.2, 0.25) is 0 Å². The van der Waals surface area contributed by atoms with Gasteiger partial charge in [-0.25, -0.2) is 4.98 Å². The Balaban J connectivity index is 1.16. The highest BCUT2D eigenvalue weighted by molar-refractivity contribution is 5.93. The Kier molecular flexibility index (Phi) is 5.72. The maximum atomic E-state index is 12.8. The van der Waals surface area contributed by atoms with Gasteiger partial charge < -0.3 is 19.0 Å². The Morgan fingerprint density at radius 2 is 1.64 bits per heavy atom. The predicted molar refractivity (Wildman–Crippen MR) is 121 cm³/mol. The summed E-state index contributed by atoms with van der Waals surface area (Å²) in [5.41, 5.74) is 0.305. The zero-order valence-electron chi connectivity index (χ0n) is 17.9. The Morgan fingerprint density at radius 3 is 2.39 bits per heavy atom. The van der Waals surface area contributed by atoms with E-state index in [1.807, 2.05) is 36.4 Å². The molecule has 2 aromatic heterocycles. The molecular weight excluding hydrogens is 420 g/mol. The van der Waals surface area contributed by atoms with Gasteiger partial charge in [-0.1, -0.05) is 30.3 Å². The average molecular weight is 442 g/mol. The second-order valence-electron chi connectivity index (χ2n) is 7.74. The summed E-state index contributed by atoms with van der Waals surface area (Å²) < 4.78 is 11.6. The molecule has 1 aliphatic heterocycles. The molecule has 166 valence electrons. The molecule has 2 amide bonds. The van der Waals surface area contributed by atoms with Crippen LogP contribution in [0.4, 0.5) is 0 Å². The first-order valence-electron chi connectivity index (χ1n) is 10.7. The van der Waals surface area contributed by atoms with Crippen LogP contribution in [0.1, 0.15) is 26.8 Å². The summed E-state index contributed by atoms with van der Waals surface area (Å²) in [4.78, 5) is 36.7. The molecule has 1 fully saturated rings. The third kappa shape index (κ3) is 4.55. The number of rotatable bonds is 5. The fourth-order valence-corrected chi connectivity index (χ4v) is 3.82. The summed E-state index contributed by atoms with van der Waals surface area (Å²) >= 11 is 0. The van der Waals surface area contributed by atoms with Gasteiger partial charge in [0.05, 0.1) is 6.20 Å². The second-order valence-corrected chi connectivity index (χ2v) is 7.74. The Labute approximate surface area is 190 Å². The van der Waals surface area contributed by atoms with Crippen LogP contribution in [0.5, 0.6) is 5.75 Å². The molecule has 0 radical (unpaired) electrons. The van der Waals surface area contributed by atoms with Crippen molar-refractivity contribution >= 4 is 22.6 Å². The van der Waals surface area contributed by atoms with Gasteiger partial charge in [0.1, 0.15) is 23.8 Å². The maximum absolute atomic E-state index is 12.8. The fraction of sp³-hybridized carbons (Fsp3) is 0.200. The SMILES string of the molecule is O=C(c1cnccn1)N1CCN(C(=O)c2ccc(COc3ccc4ccccc4c3)o2)CC1. The third-order valence-corrected chi connectivity index (χ3v) is 5.61. The monoisotopic (exact) mass is 442 g/mol. The lowest BCUT2D eigenvalue weighted by atomic mass is 10.1. The molecule has 8 nitrogen and oxygen atoms in total. The quantitative estimate of drug-likeness (QED) is 0.471. The molecule has 3 heterocycles. The number of hydrogen-bond donors (Lipinski definition) is 0. The van der Waals surface area contributed by atoms with E-state index in [0.717, 1.165) is 16.5 Å². The molecule has 0 unspecified atom stereocenters. The first kappa shape index (κ1) is 20.7. The number of carbonyl (C=O) groups is 2. The smallest absolute Gasteiger partial charge is 0.289 e. The van der Waals surface area contributed by atoms with Crippen molar-refractivity contribution in [3.05, 3.63) is 90.4 Å². The lowest BCUT2D eigenvalue weighted by Gasteiger charge is -2.34. The van der Waals surface area contributed by atoms with Gasteiger partial charge in [0.15, 0.2) is 5.76 Å². The van der Waals surface area contributed by atoms with Crippen molar-refractivity contribution in [1.29, 1.82) is 0 Å². The number of furan rings is 1. The van der Waals surface area contributed by atoms with E-state index < -0.39 is 0 Å². The minimum absolute atomic E-state index is 0.179. The maximum Gasteiger partial charge on any atom is 0.289 e. The van der Waals surface area contributed by atoms with Crippen molar-refractivity contribution in [2.75, 3.05) is 26.2 Å². The number of amides is 2. The van der Waals surface area contributed by atoms with Crippen molar-refractivity contribution < 1.29 is 18.7 Å². The largest absolute Gasteiger partial charge is 0.486 e. The van der Waals surface area contributed by atoms with Gasteiger partial charge in [-0.2, -0.15) is 0 Å². The van der Waals surface area contributed by atoms with Crippen molar-refractivity contribution in [3.63, 3.8) is 0 Å². The highest BCUT2D eigenvalue weighted by atomic mass is 16.5. The number of ether oxygens (including phenoxy) is 1. The van der Waals surface area contributed by atoms with Crippen LogP contribution in [0, 0.1) is 0 Å². The fourth-order valence-electron chi connectivity index (χ4n) is 3.82. The summed E-state index contributed by atoms with van der Waals surface area (Å²) in [5, 5.41) is 2.25. The van der Waals surface area contributed by atoms with E-state index in [-0.39, 0.29) is 24.2 Å². The molecule has 4 aromatic rings. The second kappa shape index (κ2) is 9.12. The molecule has 0 spiro atoms. The Bertz CT molecular complexity index is 1280. The standard InChI is InChI=1S/C25H22N4O4/c30-24(22-16-26-9-10-27-22)28-11-13-29(14-12-28)25(31)23-8-7-21(33-23)17-32-20-6-5-18-3-1-2-4-19(18)15-20/h1-10,15-16H,11-14,17H2. The van der Waals surface area contributed by atoms with E-state index >= 15 is 0 Å². The van der Waals surface area contributed by atoms with Crippen LogP contribution < -0.4 is 4.74 Å². The van der Waals surface area contributed by atoms with Crippen LogP contribution in [-0.2, 0) is 6.61 Å². The molecule has 1 aliphatic rings. The molecule has 0 bridgehead atoms. The van der Waals surface area contributed by atoms with E-state index in [2.05, 4.69) is 16.0 Å². The normalized spacial score (nSPS) is 13.8. The van der Waals surface area contributed by atoms with Gasteiger partial charge in [-0.3, -0.25) is 14.6 Å². The van der Waals surface area contributed by atoms with Crippen molar-refractivity contribution in [2.24, 2.45) is 0 Å². The molecule has 33 heavy (non-hydrogen) atoms. The molecular formula is C25H22N4O4. The van der Waals surface area contributed by atoms with Crippen LogP contribution in [0.15, 0.2) is 77.6 Å². The third-order valence-electron chi connectivity index (χ3n) is 5.61. The summed E-state index contributed by atoms with van der Waals surface area (Å²) in [6.45, 7) is 1.94. The van der Waals surface area contributed by atoms with Gasteiger partial charge >= 0.3 is 0 Å². The Hall–Kier alpha value is -4.20. The number of carbonyl (C=O) groups excluding carboxylic acids is 2. The molecule has 8 heteroatoms. The summed E-state index contributed by atoms with van der Waals surface area (Å²) in [5.74, 6) is 1.20. The lowest BCUT2D eigenvalue weighted by Crippen LogP contribution is -2.50. The van der Waals surface area contributed by atoms with E-state index in [4.69, 9.17) is 9.15 Å². The topological polar surface area (TPSA) is 88.8 Å². The number of hydrogen-bond acceptors (Lipinski definition) is 6. The first-order chi connectivity index (χ1) is 16.2. The number of nitrogens with zero attached hydrogens (tertiary/aromatic N) is 4. The number of piperazine rings is 1. The first-order valence-corrected chi connectivity index (χ1v) is 10.7. The highest BCUT2D eigenvalue weighted by Crippen LogP contribution is 2.22. The zero-order chi connectivity index (χ0) is 22.6. The average Bonchev–Trinajstić information content (AvgIpc) is 3.36. The molecule has 0 aliphatic carbocycles. The van der Waals surface area contributed by atoms with E-state index in [9.17, 15) is 9.59 Å². The Morgan fingerprint density at radius 1 is 0.879 bits per heavy atom. The van der Waals surface area contributed by atoms with E-state index in [0.29, 0.717) is 37.6 Å². The van der Waals surface area contributed by atoms with Crippen LogP contribution in [0.25, 0.3) is 10.8 Å². The number of fused-ring (bicyclic) bond motifs is 1. The van der Waals surface area contributed by atoms with Gasteiger partial charge in [0.2, 0.25) is 0 Å². The minimum Gasteiger partial charge on any atom is -0.486 e. The number of benzene rings is 2. The molecule has 0 N–H and O–H groups in total. The minimum atomic E-state index is -0.196. The predicted octanol–water partition coefficient (Wildman–Crippen LogP) is 3.40. The van der Waals surface area contributed by atoms with Crippen molar-refractivity contribution in [2.45, 2.75) is 6.61 Å². The van der Waals surface area contributed by atoms with Gasteiger partial charge in [-0.05, 0) is 35.0 Å². The van der Waals surface area contributed by atoms with Crippen molar-refractivity contribution in [3.8, 4) is 5.75 Å². The van der Waals surface area contributed by atoms with E-state index in [1.165, 1.54) is 18.6 Å². The van der Waals surface area contributed by atoms with Crippen LogP contribution in [0.3, 0.4) is 0 Å². The zero-order valence-corrected chi connectivity index (χ0v) is 17.9. The van der Waals surface area contributed by atoms with Gasteiger partial charge in [-0.15, -0.1) is 0 Å². The molecule has 1 saturated heterocycles. The van der Waals surface area contributed by atoms with E-state index in [1.54, 1.807) is 21.9 Å². The van der Waals surface area contributed by atoms with Crippen LogP contribution >= 0.6 is 0 Å². The summed E-state index contributed by atoms with van der Waals surface area (Å²) in [7, 11) is 0. The molecule has 0 atom stereocenters. The van der Waals surface area contributed by atoms with Gasteiger partial charge in [0.25, 0.3) is 11.8 Å². The molecule has 2 aromatic carbocycles. The van der Waals surface area contributed by atoms with Gasteiger partial charge in [0, 0.05) is 38.6 Å². The lowest BCUT2D eigenvalue weighted by molar-refractivity contribution is 0.0513. The molecule has 0 saturated carbocycles. The highest BCUT2D eigenvalue weighted by Gasteiger charge is 2.27. The summed E-state index contributed by atoms with van der Waals surface area (Å²) in [6, 6.07) is 17.4. The summed E-state index contributed by atoms with van der Waals surface area (Å²) in [6.07, 6.45) is 4.47.